The lowest BCUT2D eigenvalue weighted by Gasteiger charge is -2.30. The molecule has 5 rings (SSSR count). The second-order valence-corrected chi connectivity index (χ2v) is 8.32. The number of aryl methyl sites for hydroxylation is 3. The third kappa shape index (κ3) is 3.04. The highest BCUT2D eigenvalue weighted by atomic mass is 16.7. The summed E-state index contributed by atoms with van der Waals surface area (Å²) in [5.74, 6) is -1.14. The number of carbonyl (C=O) groups is 2. The molecule has 0 radical (unpaired) electrons. The highest BCUT2D eigenvalue weighted by Crippen LogP contribution is 2.48. The van der Waals surface area contributed by atoms with E-state index in [1.165, 1.54) is 4.90 Å². The first kappa shape index (κ1) is 19.5. The Bertz CT molecular complexity index is 1170. The third-order valence-corrected chi connectivity index (χ3v) is 6.23. The number of nitrogens with zero attached hydrogens (tertiary/aromatic N) is 2. The molecular formula is C26H24N2O3. The summed E-state index contributed by atoms with van der Waals surface area (Å²) in [7, 11) is 0. The minimum Gasteiger partial charge on any atom is -0.273 e. The van der Waals surface area contributed by atoms with Gasteiger partial charge in [-0.05, 0) is 55.7 Å². The van der Waals surface area contributed by atoms with E-state index in [4.69, 9.17) is 4.84 Å². The van der Waals surface area contributed by atoms with Crippen molar-refractivity contribution in [1.82, 2.24) is 0 Å². The molecule has 0 bridgehead atoms. The van der Waals surface area contributed by atoms with Crippen LogP contribution in [0.2, 0.25) is 0 Å². The Morgan fingerprint density at radius 1 is 0.774 bits per heavy atom. The standard InChI is InChI=1S/C26H24N2O3/c1-16-13-14-21(18(3)15-16)27-25(29)22-23(20-12-8-7-9-17(20)2)28(31-24(22)26(27)30)19-10-5-4-6-11-19/h4-15,22-24H,1-3H3/t22-,23+,24-/m1/s1. The number of carbonyl (C=O) groups excluding carboxylic acids is 2. The van der Waals surface area contributed by atoms with Gasteiger partial charge in [0.1, 0.15) is 5.92 Å². The van der Waals surface area contributed by atoms with E-state index < -0.39 is 12.0 Å². The number of para-hydroxylation sites is 1. The molecule has 0 spiro atoms. The van der Waals surface area contributed by atoms with Gasteiger partial charge in [0.05, 0.1) is 17.4 Å². The first-order valence-electron chi connectivity index (χ1n) is 10.5. The molecule has 0 saturated carbocycles. The van der Waals surface area contributed by atoms with Crippen molar-refractivity contribution < 1.29 is 14.4 Å². The Labute approximate surface area is 181 Å². The molecule has 3 atom stereocenters. The molecule has 156 valence electrons. The van der Waals surface area contributed by atoms with Gasteiger partial charge in [-0.2, -0.15) is 0 Å². The van der Waals surface area contributed by atoms with Gasteiger partial charge in [0, 0.05) is 0 Å². The highest BCUT2D eigenvalue weighted by Gasteiger charge is 2.60. The van der Waals surface area contributed by atoms with Crippen LogP contribution in [0.1, 0.15) is 28.3 Å². The number of rotatable bonds is 3. The minimum absolute atomic E-state index is 0.214. The summed E-state index contributed by atoms with van der Waals surface area (Å²) in [6.45, 7) is 5.94. The summed E-state index contributed by atoms with van der Waals surface area (Å²) >= 11 is 0. The van der Waals surface area contributed by atoms with Gasteiger partial charge in [-0.15, -0.1) is 0 Å². The topological polar surface area (TPSA) is 49.9 Å². The Morgan fingerprint density at radius 3 is 2.19 bits per heavy atom. The van der Waals surface area contributed by atoms with E-state index in [9.17, 15) is 9.59 Å². The maximum absolute atomic E-state index is 13.7. The average Bonchev–Trinajstić information content (AvgIpc) is 3.26. The monoisotopic (exact) mass is 412 g/mol. The van der Waals surface area contributed by atoms with Crippen LogP contribution < -0.4 is 9.96 Å². The molecule has 0 aromatic heterocycles. The third-order valence-electron chi connectivity index (χ3n) is 6.23. The number of hydroxylamine groups is 1. The van der Waals surface area contributed by atoms with Gasteiger partial charge in [-0.1, -0.05) is 60.2 Å². The van der Waals surface area contributed by atoms with Crippen LogP contribution in [0.25, 0.3) is 0 Å². The van der Waals surface area contributed by atoms with Gasteiger partial charge in [0.25, 0.3) is 5.91 Å². The number of hydrogen-bond donors (Lipinski definition) is 0. The zero-order valence-corrected chi connectivity index (χ0v) is 17.8. The van der Waals surface area contributed by atoms with Crippen LogP contribution in [0.4, 0.5) is 11.4 Å². The van der Waals surface area contributed by atoms with Gasteiger partial charge < -0.3 is 0 Å². The molecule has 2 heterocycles. The lowest BCUT2D eigenvalue weighted by molar-refractivity contribution is -0.126. The highest BCUT2D eigenvalue weighted by molar-refractivity contribution is 6.24. The van der Waals surface area contributed by atoms with Crippen LogP contribution >= 0.6 is 0 Å². The van der Waals surface area contributed by atoms with Gasteiger partial charge in [0.2, 0.25) is 5.91 Å². The van der Waals surface area contributed by atoms with Crippen LogP contribution in [0, 0.1) is 26.7 Å². The molecule has 0 N–H and O–H groups in total. The Hall–Kier alpha value is -3.44. The van der Waals surface area contributed by atoms with Crippen LogP contribution in [0.3, 0.4) is 0 Å². The Balaban J connectivity index is 1.61. The van der Waals surface area contributed by atoms with Crippen molar-refractivity contribution in [2.24, 2.45) is 5.92 Å². The normalized spacial score (nSPS) is 22.9. The first-order valence-corrected chi connectivity index (χ1v) is 10.5. The Morgan fingerprint density at radius 2 is 1.48 bits per heavy atom. The number of imide groups is 1. The van der Waals surface area contributed by atoms with Crippen LogP contribution in [-0.2, 0) is 14.4 Å². The summed E-state index contributed by atoms with van der Waals surface area (Å²) < 4.78 is 0. The summed E-state index contributed by atoms with van der Waals surface area (Å²) in [6.07, 6.45) is -0.849. The smallest absolute Gasteiger partial charge is 0.266 e. The van der Waals surface area contributed by atoms with Gasteiger partial charge in [-0.3, -0.25) is 14.4 Å². The second-order valence-electron chi connectivity index (χ2n) is 8.32. The molecule has 2 amide bonds. The molecule has 2 aliphatic heterocycles. The van der Waals surface area contributed by atoms with Crippen molar-refractivity contribution in [2.75, 3.05) is 9.96 Å². The number of benzene rings is 3. The molecule has 0 aliphatic carbocycles. The van der Waals surface area contributed by atoms with Gasteiger partial charge >= 0.3 is 0 Å². The quantitative estimate of drug-likeness (QED) is 0.587. The predicted molar refractivity (Wildman–Crippen MR) is 120 cm³/mol. The zero-order chi connectivity index (χ0) is 21.7. The lowest BCUT2D eigenvalue weighted by atomic mass is 9.88. The molecule has 5 heteroatoms. The lowest BCUT2D eigenvalue weighted by Crippen LogP contribution is -2.37. The van der Waals surface area contributed by atoms with E-state index in [1.807, 2.05) is 93.6 Å². The molecule has 3 aromatic rings. The molecule has 3 aromatic carbocycles. The molecule has 0 unspecified atom stereocenters. The van der Waals surface area contributed by atoms with E-state index in [1.54, 1.807) is 5.06 Å². The van der Waals surface area contributed by atoms with Crippen molar-refractivity contribution in [3.8, 4) is 0 Å². The summed E-state index contributed by atoms with van der Waals surface area (Å²) in [4.78, 5) is 34.7. The number of anilines is 2. The molecular weight excluding hydrogens is 388 g/mol. The van der Waals surface area contributed by atoms with Crippen LogP contribution in [0.5, 0.6) is 0 Å². The van der Waals surface area contributed by atoms with E-state index in [0.29, 0.717) is 5.69 Å². The van der Waals surface area contributed by atoms with Crippen LogP contribution in [0.15, 0.2) is 72.8 Å². The SMILES string of the molecule is Cc1ccc(N2C(=O)[C@H]3[C@@H](ON(c4ccccc4)[C@H]3c3ccccc3C)C2=O)c(C)c1. The van der Waals surface area contributed by atoms with Crippen molar-refractivity contribution in [3.05, 3.63) is 95.1 Å². The van der Waals surface area contributed by atoms with Crippen molar-refractivity contribution in [3.63, 3.8) is 0 Å². The molecule has 31 heavy (non-hydrogen) atoms. The number of amides is 2. The van der Waals surface area contributed by atoms with E-state index in [2.05, 4.69) is 0 Å². The maximum Gasteiger partial charge on any atom is 0.266 e. The van der Waals surface area contributed by atoms with E-state index >= 15 is 0 Å². The molecule has 2 fully saturated rings. The summed E-state index contributed by atoms with van der Waals surface area (Å²) in [5, 5.41) is 1.74. The fourth-order valence-electron chi connectivity index (χ4n) is 4.74. The predicted octanol–water partition coefficient (Wildman–Crippen LogP) is 4.66. The zero-order valence-electron chi connectivity index (χ0n) is 17.8. The van der Waals surface area contributed by atoms with Gasteiger partial charge in [-0.25, -0.2) is 9.96 Å². The molecule has 5 nitrogen and oxygen atoms in total. The minimum atomic E-state index is -0.849. The van der Waals surface area contributed by atoms with Crippen molar-refractivity contribution in [2.45, 2.75) is 32.9 Å². The van der Waals surface area contributed by atoms with Crippen molar-refractivity contribution in [1.29, 1.82) is 0 Å². The van der Waals surface area contributed by atoms with Gasteiger partial charge in [0.15, 0.2) is 6.10 Å². The van der Waals surface area contributed by atoms with Crippen molar-refractivity contribution >= 4 is 23.2 Å². The summed E-state index contributed by atoms with van der Waals surface area (Å²) in [6, 6.07) is 23.0. The van der Waals surface area contributed by atoms with Crippen LogP contribution in [-0.4, -0.2) is 17.9 Å². The van der Waals surface area contributed by atoms with E-state index in [0.717, 1.165) is 27.9 Å². The largest absolute Gasteiger partial charge is 0.273 e. The molecule has 2 saturated heterocycles. The number of hydrogen-bond acceptors (Lipinski definition) is 4. The molecule has 2 aliphatic rings. The van der Waals surface area contributed by atoms with E-state index in [-0.39, 0.29) is 17.9 Å². The average molecular weight is 412 g/mol. The fraction of sp³-hybridized carbons (Fsp3) is 0.231. The first-order chi connectivity index (χ1) is 15.0. The second kappa shape index (κ2) is 7.36. The summed E-state index contributed by atoms with van der Waals surface area (Å²) in [5.41, 5.74) is 5.49. The maximum atomic E-state index is 13.7. The number of fused-ring (bicyclic) bond motifs is 1. The Kier molecular flexibility index (Phi) is 4.63. The fourth-order valence-corrected chi connectivity index (χ4v) is 4.74.